The second kappa shape index (κ2) is 7.02. The maximum Gasteiger partial charge on any atom is 0.298 e. The fourth-order valence-electron chi connectivity index (χ4n) is 4.44. The Hall–Kier alpha value is -2.53. The molecule has 0 saturated carbocycles. The van der Waals surface area contributed by atoms with E-state index in [1.807, 2.05) is 6.92 Å². The summed E-state index contributed by atoms with van der Waals surface area (Å²) in [6.07, 6.45) is 3.86. The summed E-state index contributed by atoms with van der Waals surface area (Å²) < 4.78 is 0. The Labute approximate surface area is 182 Å². The summed E-state index contributed by atoms with van der Waals surface area (Å²) in [6.45, 7) is 11.0. The number of thioether (sulfide) groups is 1. The van der Waals surface area contributed by atoms with Crippen LogP contribution < -0.4 is 4.90 Å². The number of amides is 1. The summed E-state index contributed by atoms with van der Waals surface area (Å²) in [7, 11) is 0. The predicted octanol–water partition coefficient (Wildman–Crippen LogP) is 6.29. The zero-order valence-electron chi connectivity index (χ0n) is 18.1. The quantitative estimate of drug-likeness (QED) is 0.579. The Balaban J connectivity index is 1.88. The zero-order chi connectivity index (χ0) is 21.8. The second-order valence-corrected chi connectivity index (χ2v) is 10.5. The van der Waals surface area contributed by atoms with Gasteiger partial charge in [-0.05, 0) is 77.1 Å². The third-order valence-electron chi connectivity index (χ3n) is 6.40. The van der Waals surface area contributed by atoms with Crippen LogP contribution in [0.15, 0.2) is 42.1 Å². The molecule has 0 spiro atoms. The second-order valence-electron chi connectivity index (χ2n) is 9.57. The molecule has 0 radical (unpaired) electrons. The zero-order valence-corrected chi connectivity index (χ0v) is 18.9. The van der Waals surface area contributed by atoms with Gasteiger partial charge in [0.05, 0.1) is 5.69 Å². The van der Waals surface area contributed by atoms with Gasteiger partial charge in [-0.15, -0.1) is 0 Å². The topological polar surface area (TPSA) is 57.6 Å². The van der Waals surface area contributed by atoms with Gasteiger partial charge >= 0.3 is 0 Å². The van der Waals surface area contributed by atoms with Crippen LogP contribution in [0.5, 0.6) is 5.75 Å². The molecular weight excluding hydrogens is 394 g/mol. The average molecular weight is 422 g/mol. The Morgan fingerprint density at radius 1 is 1.00 bits per heavy atom. The molecule has 1 saturated heterocycles. The first kappa shape index (κ1) is 20.7. The molecule has 1 N–H and O–H groups in total. The van der Waals surface area contributed by atoms with Crippen molar-refractivity contribution in [3.8, 4) is 5.75 Å². The van der Waals surface area contributed by atoms with Crippen molar-refractivity contribution >= 4 is 33.9 Å². The van der Waals surface area contributed by atoms with Crippen LogP contribution in [-0.4, -0.2) is 15.5 Å². The van der Waals surface area contributed by atoms with Crippen molar-refractivity contribution in [3.63, 3.8) is 0 Å². The molecule has 1 aliphatic carbocycles. The van der Waals surface area contributed by atoms with E-state index in [0.717, 1.165) is 35.9 Å². The third kappa shape index (κ3) is 3.45. The van der Waals surface area contributed by atoms with Crippen LogP contribution >= 0.6 is 11.8 Å². The molecular formula is C25H27NO3S. The molecule has 1 heterocycles. The van der Waals surface area contributed by atoms with Crippen molar-refractivity contribution in [2.24, 2.45) is 0 Å². The number of hydrogen-bond donors (Lipinski definition) is 1. The highest BCUT2D eigenvalue weighted by Crippen LogP contribution is 2.49. The van der Waals surface area contributed by atoms with E-state index >= 15 is 0 Å². The van der Waals surface area contributed by atoms with Crippen LogP contribution in [0.3, 0.4) is 0 Å². The largest absolute Gasteiger partial charge is 0.508 e. The number of carbonyl (C=O) groups excluding carboxylic acids is 2. The van der Waals surface area contributed by atoms with E-state index in [4.69, 9.17) is 0 Å². The molecule has 1 amide bonds. The maximum atomic E-state index is 12.8. The van der Waals surface area contributed by atoms with Gasteiger partial charge in [0, 0.05) is 11.8 Å². The summed E-state index contributed by atoms with van der Waals surface area (Å²) in [4.78, 5) is 27.0. The van der Waals surface area contributed by atoms with Crippen molar-refractivity contribution in [1.82, 2.24) is 0 Å². The minimum absolute atomic E-state index is 0.00231. The van der Waals surface area contributed by atoms with Gasteiger partial charge in [-0.1, -0.05) is 45.9 Å². The van der Waals surface area contributed by atoms with Gasteiger partial charge in [0.15, 0.2) is 0 Å². The molecule has 5 heteroatoms. The van der Waals surface area contributed by atoms with Gasteiger partial charge in [-0.2, -0.15) is 0 Å². The first-order chi connectivity index (χ1) is 14.0. The lowest BCUT2D eigenvalue weighted by Gasteiger charge is -2.42. The lowest BCUT2D eigenvalue weighted by Crippen LogP contribution is -2.34. The molecule has 0 atom stereocenters. The Morgan fingerprint density at radius 2 is 1.63 bits per heavy atom. The Bertz CT molecular complexity index is 1100. The van der Waals surface area contributed by atoms with Crippen LogP contribution in [-0.2, 0) is 15.6 Å². The van der Waals surface area contributed by atoms with E-state index < -0.39 is 0 Å². The van der Waals surface area contributed by atoms with Crippen molar-refractivity contribution in [3.05, 3.63) is 64.3 Å². The number of phenolic OH excluding ortho intramolecular Hbond substituents is 1. The SMILES string of the molecule is Cc1cc2c(cc1N1C(=O)SC(=O)C1=Cc1cccc(O)c1)C(C)(C)CCC2(C)C. The van der Waals surface area contributed by atoms with Gasteiger partial charge in [-0.25, -0.2) is 0 Å². The molecule has 4 nitrogen and oxygen atoms in total. The van der Waals surface area contributed by atoms with Gasteiger partial charge in [0.25, 0.3) is 5.24 Å². The molecule has 0 unspecified atom stereocenters. The molecule has 4 rings (SSSR count). The maximum absolute atomic E-state index is 12.8. The van der Waals surface area contributed by atoms with Gasteiger partial charge < -0.3 is 5.11 Å². The summed E-state index contributed by atoms with van der Waals surface area (Å²) in [6, 6.07) is 11.0. The molecule has 30 heavy (non-hydrogen) atoms. The molecule has 0 aromatic heterocycles. The van der Waals surface area contributed by atoms with Crippen molar-refractivity contribution in [1.29, 1.82) is 0 Å². The number of aryl methyl sites for hydroxylation is 1. The fraction of sp³-hybridized carbons (Fsp3) is 0.360. The molecule has 2 aliphatic rings. The molecule has 1 fully saturated rings. The van der Waals surface area contributed by atoms with E-state index in [0.29, 0.717) is 11.3 Å². The van der Waals surface area contributed by atoms with Gasteiger partial charge in [0.1, 0.15) is 11.4 Å². The fourth-order valence-corrected chi connectivity index (χ4v) is 5.14. The van der Waals surface area contributed by atoms with E-state index in [1.165, 1.54) is 16.0 Å². The van der Waals surface area contributed by atoms with Crippen molar-refractivity contribution < 1.29 is 14.7 Å². The number of aromatic hydroxyl groups is 1. The number of phenols is 1. The lowest BCUT2D eigenvalue weighted by atomic mass is 9.63. The minimum atomic E-state index is -0.290. The van der Waals surface area contributed by atoms with E-state index in [-0.39, 0.29) is 26.9 Å². The number of fused-ring (bicyclic) bond motifs is 1. The Morgan fingerprint density at radius 3 is 2.27 bits per heavy atom. The smallest absolute Gasteiger partial charge is 0.298 e. The Kier molecular flexibility index (Phi) is 4.85. The number of nitrogens with zero attached hydrogens (tertiary/aromatic N) is 1. The molecule has 1 aliphatic heterocycles. The van der Waals surface area contributed by atoms with E-state index in [9.17, 15) is 14.7 Å². The highest BCUT2D eigenvalue weighted by atomic mass is 32.2. The number of carbonyl (C=O) groups is 2. The number of benzene rings is 2. The van der Waals surface area contributed by atoms with Crippen molar-refractivity contribution in [2.45, 2.75) is 58.3 Å². The van der Waals surface area contributed by atoms with E-state index in [2.05, 4.69) is 39.8 Å². The molecule has 2 aromatic carbocycles. The monoisotopic (exact) mass is 421 g/mol. The summed E-state index contributed by atoms with van der Waals surface area (Å²) >= 11 is 0.718. The summed E-state index contributed by atoms with van der Waals surface area (Å²) in [5, 5.41) is 9.20. The third-order valence-corrected chi connectivity index (χ3v) is 7.15. The van der Waals surface area contributed by atoms with Gasteiger partial charge in [-0.3, -0.25) is 14.5 Å². The van der Waals surface area contributed by atoms with Crippen LogP contribution in [0.4, 0.5) is 10.5 Å². The number of anilines is 1. The minimum Gasteiger partial charge on any atom is -0.508 e. The summed E-state index contributed by atoms with van der Waals surface area (Å²) in [5.41, 5.74) is 5.38. The van der Waals surface area contributed by atoms with Crippen LogP contribution in [0.25, 0.3) is 6.08 Å². The standard InChI is InChI=1S/C25H27NO3S/c1-15-11-18-19(25(4,5)10-9-24(18,2)3)14-20(15)26-21(22(28)30-23(26)29)13-16-7-6-8-17(27)12-16/h6-8,11-14,27H,9-10H2,1-5H3. The predicted molar refractivity (Wildman–Crippen MR) is 123 cm³/mol. The molecule has 2 aromatic rings. The highest BCUT2D eigenvalue weighted by Gasteiger charge is 2.41. The van der Waals surface area contributed by atoms with Crippen LogP contribution in [0, 0.1) is 6.92 Å². The number of rotatable bonds is 2. The normalized spacial score (nSPS) is 21.2. The molecule has 156 valence electrons. The lowest BCUT2D eigenvalue weighted by molar-refractivity contribution is -0.107. The first-order valence-electron chi connectivity index (χ1n) is 10.2. The molecule has 0 bridgehead atoms. The summed E-state index contributed by atoms with van der Waals surface area (Å²) in [5.74, 6) is 0.120. The van der Waals surface area contributed by atoms with E-state index in [1.54, 1.807) is 30.3 Å². The van der Waals surface area contributed by atoms with Crippen LogP contribution in [0.2, 0.25) is 0 Å². The first-order valence-corrected chi connectivity index (χ1v) is 11.0. The average Bonchev–Trinajstić information content (AvgIpc) is 2.92. The highest BCUT2D eigenvalue weighted by molar-refractivity contribution is 8.27. The van der Waals surface area contributed by atoms with Crippen LogP contribution in [0.1, 0.15) is 62.8 Å². The number of hydrogen-bond acceptors (Lipinski definition) is 4. The van der Waals surface area contributed by atoms with Crippen molar-refractivity contribution in [2.75, 3.05) is 4.90 Å². The van der Waals surface area contributed by atoms with Gasteiger partial charge in [0.2, 0.25) is 5.12 Å².